The van der Waals surface area contributed by atoms with Gasteiger partial charge in [0.15, 0.2) is 0 Å². The molecule has 2 amide bonds. The maximum absolute atomic E-state index is 12.5. The number of benzene rings is 2. The molecule has 0 radical (unpaired) electrons. The fourth-order valence-corrected chi connectivity index (χ4v) is 2.39. The third kappa shape index (κ3) is 5.79. The van der Waals surface area contributed by atoms with Crippen LogP contribution in [-0.4, -0.2) is 37.2 Å². The van der Waals surface area contributed by atoms with Crippen LogP contribution in [0.2, 0.25) is 0 Å². The Morgan fingerprint density at radius 3 is 2.54 bits per heavy atom. The number of carbonyl (C=O) groups is 1. The predicted molar refractivity (Wildman–Crippen MR) is 101 cm³/mol. The number of carbonyl (C=O) groups excluding carboxylic acids is 1. The topological polar surface area (TPSA) is 96.7 Å². The number of alkyl halides is 2. The zero-order chi connectivity index (χ0) is 20.7. The summed E-state index contributed by atoms with van der Waals surface area (Å²) in [4.78, 5) is 24.3. The van der Waals surface area contributed by atoms with Crippen LogP contribution in [0.1, 0.15) is 6.92 Å². The molecule has 0 aliphatic carbocycles. The summed E-state index contributed by atoms with van der Waals surface area (Å²) < 4.78 is 29.3. The number of nitro groups is 1. The molecule has 2 N–H and O–H groups in total. The number of urea groups is 1. The minimum absolute atomic E-state index is 0.0740. The summed E-state index contributed by atoms with van der Waals surface area (Å²) >= 11 is 0. The first kappa shape index (κ1) is 20.9. The number of nitro benzene ring substituents is 1. The second-order valence-corrected chi connectivity index (χ2v) is 5.95. The van der Waals surface area contributed by atoms with E-state index < -0.39 is 17.6 Å². The van der Waals surface area contributed by atoms with Gasteiger partial charge in [-0.3, -0.25) is 10.1 Å². The number of hydrogen-bond donors (Lipinski definition) is 2. The highest BCUT2D eigenvalue weighted by atomic mass is 19.3. The number of non-ortho nitro benzene ring substituents is 1. The van der Waals surface area contributed by atoms with E-state index in [2.05, 4.69) is 15.4 Å². The van der Waals surface area contributed by atoms with Gasteiger partial charge >= 0.3 is 12.6 Å². The van der Waals surface area contributed by atoms with Gasteiger partial charge in [-0.25, -0.2) is 4.79 Å². The lowest BCUT2D eigenvalue weighted by Crippen LogP contribution is -2.41. The first-order chi connectivity index (χ1) is 13.3. The number of hydrogen-bond acceptors (Lipinski definition) is 5. The monoisotopic (exact) mass is 394 g/mol. The minimum Gasteiger partial charge on any atom is -0.433 e. The third-order valence-corrected chi connectivity index (χ3v) is 4.02. The molecule has 0 saturated heterocycles. The highest BCUT2D eigenvalue weighted by Gasteiger charge is 2.17. The Morgan fingerprint density at radius 1 is 1.25 bits per heavy atom. The number of amides is 2. The van der Waals surface area contributed by atoms with E-state index in [0.29, 0.717) is 0 Å². The lowest BCUT2D eigenvalue weighted by molar-refractivity contribution is -0.384. The van der Waals surface area contributed by atoms with Crippen molar-refractivity contribution in [2.24, 2.45) is 0 Å². The summed E-state index contributed by atoms with van der Waals surface area (Å²) in [7, 11) is 1.87. The van der Waals surface area contributed by atoms with Crippen molar-refractivity contribution >= 4 is 23.1 Å². The second kappa shape index (κ2) is 9.49. The zero-order valence-corrected chi connectivity index (χ0v) is 15.3. The standard InChI is InChI=1S/C18H20F2N4O4/c1-12(23(2)13-6-4-3-5-7-13)11-21-18(25)22-15-10-14(24(26)27)8-9-16(15)28-17(19)20/h3-10,12,17H,11H2,1-2H3,(H2,21,22,25). The fourth-order valence-electron chi connectivity index (χ4n) is 2.39. The number of nitrogens with zero attached hydrogens (tertiary/aromatic N) is 2. The van der Waals surface area contributed by atoms with E-state index in [1.807, 2.05) is 49.2 Å². The Morgan fingerprint density at radius 2 is 1.93 bits per heavy atom. The largest absolute Gasteiger partial charge is 0.433 e. The molecule has 150 valence electrons. The molecule has 0 bridgehead atoms. The average Bonchev–Trinajstić information content (AvgIpc) is 2.67. The number of likely N-dealkylation sites (N-methyl/N-ethyl adjacent to an activating group) is 1. The molecule has 0 aliphatic heterocycles. The van der Waals surface area contributed by atoms with Crippen LogP contribution < -0.4 is 20.3 Å². The lowest BCUT2D eigenvalue weighted by atomic mass is 10.2. The van der Waals surface area contributed by atoms with E-state index in [1.54, 1.807) is 0 Å². The average molecular weight is 394 g/mol. The maximum atomic E-state index is 12.5. The molecule has 8 nitrogen and oxygen atoms in total. The lowest BCUT2D eigenvalue weighted by Gasteiger charge is -2.27. The SMILES string of the molecule is CC(CNC(=O)Nc1cc([N+](=O)[O-])ccc1OC(F)F)N(C)c1ccccc1. The van der Waals surface area contributed by atoms with Gasteiger partial charge < -0.3 is 20.3 Å². The van der Waals surface area contributed by atoms with E-state index in [-0.39, 0.29) is 29.7 Å². The number of rotatable bonds is 8. The number of anilines is 2. The smallest absolute Gasteiger partial charge is 0.387 e. The van der Waals surface area contributed by atoms with Gasteiger partial charge in [0, 0.05) is 37.5 Å². The van der Waals surface area contributed by atoms with Crippen LogP contribution in [0.15, 0.2) is 48.5 Å². The first-order valence-electron chi connectivity index (χ1n) is 8.34. The quantitative estimate of drug-likeness (QED) is 0.524. The van der Waals surface area contributed by atoms with Crippen molar-refractivity contribution in [1.82, 2.24) is 5.32 Å². The number of ether oxygens (including phenoxy) is 1. The van der Waals surface area contributed by atoms with Gasteiger partial charge in [-0.2, -0.15) is 8.78 Å². The molecule has 2 aromatic rings. The van der Waals surface area contributed by atoms with Crippen molar-refractivity contribution in [1.29, 1.82) is 0 Å². The van der Waals surface area contributed by atoms with Crippen molar-refractivity contribution in [3.63, 3.8) is 0 Å². The van der Waals surface area contributed by atoms with Gasteiger partial charge in [-0.05, 0) is 25.1 Å². The van der Waals surface area contributed by atoms with Crippen molar-refractivity contribution in [3.8, 4) is 5.75 Å². The number of nitrogens with one attached hydrogen (secondary N) is 2. The Kier molecular flexibility index (Phi) is 7.08. The van der Waals surface area contributed by atoms with E-state index in [9.17, 15) is 23.7 Å². The molecule has 1 unspecified atom stereocenters. The summed E-state index contributed by atoms with van der Waals surface area (Å²) in [5.41, 5.74) is 0.369. The molecule has 0 fully saturated rings. The van der Waals surface area contributed by atoms with Crippen LogP contribution in [0.5, 0.6) is 5.75 Å². The van der Waals surface area contributed by atoms with Crippen LogP contribution in [-0.2, 0) is 0 Å². The molecule has 2 rings (SSSR count). The Bertz CT molecular complexity index is 820. The van der Waals surface area contributed by atoms with Gasteiger partial charge in [-0.15, -0.1) is 0 Å². The molecule has 28 heavy (non-hydrogen) atoms. The normalized spacial score (nSPS) is 11.6. The molecule has 0 spiro atoms. The van der Waals surface area contributed by atoms with E-state index in [4.69, 9.17) is 0 Å². The summed E-state index contributed by atoms with van der Waals surface area (Å²) in [5, 5.41) is 15.8. The van der Waals surface area contributed by atoms with Crippen LogP contribution in [0.25, 0.3) is 0 Å². The molecule has 10 heteroatoms. The van der Waals surface area contributed by atoms with Crippen molar-refractivity contribution in [3.05, 3.63) is 58.6 Å². The van der Waals surface area contributed by atoms with Crippen molar-refractivity contribution in [2.45, 2.75) is 19.6 Å². The van der Waals surface area contributed by atoms with E-state index in [1.165, 1.54) is 0 Å². The fraction of sp³-hybridized carbons (Fsp3) is 0.278. The van der Waals surface area contributed by atoms with Gasteiger partial charge in [-0.1, -0.05) is 18.2 Å². The molecule has 0 aromatic heterocycles. The second-order valence-electron chi connectivity index (χ2n) is 5.95. The number of halogens is 2. The highest BCUT2D eigenvalue weighted by Crippen LogP contribution is 2.30. The molecular formula is C18H20F2N4O4. The Labute approximate surface area is 160 Å². The maximum Gasteiger partial charge on any atom is 0.387 e. The van der Waals surface area contributed by atoms with E-state index >= 15 is 0 Å². The molecule has 2 aromatic carbocycles. The van der Waals surface area contributed by atoms with Gasteiger partial charge in [0.05, 0.1) is 10.6 Å². The third-order valence-electron chi connectivity index (χ3n) is 4.02. The summed E-state index contributed by atoms with van der Waals surface area (Å²) in [6, 6.07) is 11.7. The van der Waals surface area contributed by atoms with Crippen LogP contribution >= 0.6 is 0 Å². The van der Waals surface area contributed by atoms with Crippen LogP contribution in [0.4, 0.5) is 30.6 Å². The molecular weight excluding hydrogens is 374 g/mol. The zero-order valence-electron chi connectivity index (χ0n) is 15.3. The minimum atomic E-state index is -3.13. The van der Waals surface area contributed by atoms with E-state index in [0.717, 1.165) is 23.9 Å². The summed E-state index contributed by atoms with van der Waals surface area (Å²) in [5.74, 6) is -0.370. The molecule has 1 atom stereocenters. The van der Waals surface area contributed by atoms with Gasteiger partial charge in [0.25, 0.3) is 5.69 Å². The first-order valence-corrected chi connectivity index (χ1v) is 8.34. The summed E-state index contributed by atoms with van der Waals surface area (Å²) in [6.07, 6.45) is 0. The Hall–Kier alpha value is -3.43. The van der Waals surface area contributed by atoms with Crippen LogP contribution in [0, 0.1) is 10.1 Å². The molecule has 0 heterocycles. The number of para-hydroxylation sites is 1. The predicted octanol–water partition coefficient (Wildman–Crippen LogP) is 3.84. The molecule has 0 saturated carbocycles. The van der Waals surface area contributed by atoms with Crippen molar-refractivity contribution < 1.29 is 23.2 Å². The highest BCUT2D eigenvalue weighted by molar-refractivity contribution is 5.91. The molecule has 0 aliphatic rings. The Balaban J connectivity index is 2.01. The van der Waals surface area contributed by atoms with Crippen LogP contribution in [0.3, 0.4) is 0 Å². The summed E-state index contributed by atoms with van der Waals surface area (Å²) in [6.45, 7) is -0.993. The van der Waals surface area contributed by atoms with Crippen molar-refractivity contribution in [2.75, 3.05) is 23.8 Å². The van der Waals surface area contributed by atoms with Gasteiger partial charge in [0.2, 0.25) is 0 Å². The van der Waals surface area contributed by atoms with Gasteiger partial charge in [0.1, 0.15) is 5.75 Å².